The van der Waals surface area contributed by atoms with E-state index in [2.05, 4.69) is 21.0 Å². The van der Waals surface area contributed by atoms with Gasteiger partial charge in [0.25, 0.3) is 0 Å². The number of aromatic nitrogens is 2. The Bertz CT molecular complexity index is 733. The van der Waals surface area contributed by atoms with Gasteiger partial charge in [-0.25, -0.2) is 4.68 Å². The lowest BCUT2D eigenvalue weighted by molar-refractivity contribution is 0.112. The van der Waals surface area contributed by atoms with Crippen molar-refractivity contribution in [3.8, 4) is 5.69 Å². The Morgan fingerprint density at radius 1 is 1.17 bits per heavy atom. The summed E-state index contributed by atoms with van der Waals surface area (Å²) in [5.74, 6) is 0. The van der Waals surface area contributed by atoms with Gasteiger partial charge < -0.3 is 0 Å². The van der Waals surface area contributed by atoms with Crippen LogP contribution in [0.5, 0.6) is 0 Å². The average Bonchev–Trinajstić information content (AvgIpc) is 2.82. The van der Waals surface area contributed by atoms with Crippen molar-refractivity contribution in [2.75, 3.05) is 0 Å². The predicted octanol–water partition coefficient (Wildman–Crippen LogP) is 3.60. The maximum atomic E-state index is 11.1. The molecule has 0 spiro atoms. The van der Waals surface area contributed by atoms with E-state index in [-0.39, 0.29) is 0 Å². The zero-order chi connectivity index (χ0) is 12.5. The molecule has 0 radical (unpaired) electrons. The predicted molar refractivity (Wildman–Crippen MR) is 74.2 cm³/mol. The fourth-order valence-corrected chi connectivity index (χ4v) is 2.31. The molecule has 3 aromatic rings. The molecule has 0 saturated heterocycles. The fourth-order valence-electron chi connectivity index (χ4n) is 1.96. The molecular formula is C14H9BrN2O. The Morgan fingerprint density at radius 2 is 2.00 bits per heavy atom. The maximum Gasteiger partial charge on any atom is 0.152 e. The Morgan fingerprint density at radius 3 is 2.83 bits per heavy atom. The number of halogens is 1. The Balaban J connectivity index is 2.32. The van der Waals surface area contributed by atoms with E-state index in [0.717, 1.165) is 27.3 Å². The molecule has 3 nitrogen and oxygen atoms in total. The van der Waals surface area contributed by atoms with Crippen LogP contribution in [-0.2, 0) is 0 Å². The summed E-state index contributed by atoms with van der Waals surface area (Å²) >= 11 is 3.42. The first kappa shape index (κ1) is 11.2. The molecule has 0 fully saturated rings. The SMILES string of the molecule is O=Cc1ccc(Br)cc1-n1ncc2ccccc21. The summed E-state index contributed by atoms with van der Waals surface area (Å²) in [5, 5.41) is 5.40. The number of carbonyl (C=O) groups is 1. The Labute approximate surface area is 112 Å². The highest BCUT2D eigenvalue weighted by Gasteiger charge is 2.09. The van der Waals surface area contributed by atoms with E-state index >= 15 is 0 Å². The minimum atomic E-state index is 0.618. The van der Waals surface area contributed by atoms with E-state index < -0.39 is 0 Å². The van der Waals surface area contributed by atoms with Crippen LogP contribution in [0.1, 0.15) is 10.4 Å². The first-order chi connectivity index (χ1) is 8.79. The highest BCUT2D eigenvalue weighted by atomic mass is 79.9. The van der Waals surface area contributed by atoms with Crippen LogP contribution in [0.25, 0.3) is 16.6 Å². The van der Waals surface area contributed by atoms with Gasteiger partial charge in [-0.05, 0) is 24.3 Å². The largest absolute Gasteiger partial charge is 0.298 e. The third kappa shape index (κ3) is 1.75. The number of fused-ring (bicyclic) bond motifs is 1. The van der Waals surface area contributed by atoms with Crippen LogP contribution in [0, 0.1) is 0 Å². The molecule has 2 aromatic carbocycles. The second-order valence-electron chi connectivity index (χ2n) is 3.94. The molecule has 4 heteroatoms. The number of carbonyl (C=O) groups excluding carboxylic acids is 1. The maximum absolute atomic E-state index is 11.1. The molecular weight excluding hydrogens is 292 g/mol. The number of benzene rings is 2. The summed E-state index contributed by atoms with van der Waals surface area (Å²) in [4.78, 5) is 11.1. The van der Waals surface area contributed by atoms with Crippen molar-refractivity contribution in [1.82, 2.24) is 9.78 Å². The van der Waals surface area contributed by atoms with Gasteiger partial charge in [-0.1, -0.05) is 34.1 Å². The van der Waals surface area contributed by atoms with Crippen molar-refractivity contribution in [2.24, 2.45) is 0 Å². The number of rotatable bonds is 2. The smallest absolute Gasteiger partial charge is 0.152 e. The molecule has 0 N–H and O–H groups in total. The highest BCUT2D eigenvalue weighted by Crippen LogP contribution is 2.23. The van der Waals surface area contributed by atoms with Crippen molar-refractivity contribution < 1.29 is 4.79 Å². The van der Waals surface area contributed by atoms with Crippen molar-refractivity contribution in [3.05, 3.63) is 58.7 Å². The molecule has 0 amide bonds. The lowest BCUT2D eigenvalue weighted by Gasteiger charge is -2.07. The fraction of sp³-hybridized carbons (Fsp3) is 0. The van der Waals surface area contributed by atoms with Crippen LogP contribution in [0.4, 0.5) is 0 Å². The zero-order valence-corrected chi connectivity index (χ0v) is 11.0. The minimum Gasteiger partial charge on any atom is -0.298 e. The van der Waals surface area contributed by atoms with Gasteiger partial charge in [0.15, 0.2) is 6.29 Å². The summed E-state index contributed by atoms with van der Waals surface area (Å²) in [5.41, 5.74) is 2.38. The van der Waals surface area contributed by atoms with E-state index in [1.807, 2.05) is 36.4 Å². The summed E-state index contributed by atoms with van der Waals surface area (Å²) in [6.07, 6.45) is 2.64. The Kier molecular flexibility index (Phi) is 2.72. The second-order valence-corrected chi connectivity index (χ2v) is 4.85. The van der Waals surface area contributed by atoms with E-state index in [0.29, 0.717) is 5.56 Å². The molecule has 88 valence electrons. The van der Waals surface area contributed by atoms with Crippen molar-refractivity contribution in [2.45, 2.75) is 0 Å². The van der Waals surface area contributed by atoms with Gasteiger partial charge in [-0.15, -0.1) is 0 Å². The van der Waals surface area contributed by atoms with Crippen molar-refractivity contribution in [1.29, 1.82) is 0 Å². The number of para-hydroxylation sites is 1. The van der Waals surface area contributed by atoms with Gasteiger partial charge in [0.05, 0.1) is 17.4 Å². The van der Waals surface area contributed by atoms with E-state index in [4.69, 9.17) is 0 Å². The summed E-state index contributed by atoms with van der Waals surface area (Å²) in [7, 11) is 0. The Hall–Kier alpha value is -1.94. The summed E-state index contributed by atoms with van der Waals surface area (Å²) < 4.78 is 2.70. The van der Waals surface area contributed by atoms with Crippen LogP contribution in [0.3, 0.4) is 0 Å². The standard InChI is InChI=1S/C14H9BrN2O/c15-12-6-5-11(9-18)14(7-12)17-13-4-2-1-3-10(13)8-16-17/h1-9H. The van der Waals surface area contributed by atoms with Gasteiger partial charge in [-0.3, -0.25) is 4.79 Å². The topological polar surface area (TPSA) is 34.9 Å². The lowest BCUT2D eigenvalue weighted by Crippen LogP contribution is -2.00. The van der Waals surface area contributed by atoms with Gasteiger partial charge in [0, 0.05) is 15.4 Å². The van der Waals surface area contributed by atoms with E-state index in [1.165, 1.54) is 0 Å². The highest BCUT2D eigenvalue weighted by molar-refractivity contribution is 9.10. The molecule has 0 bridgehead atoms. The first-order valence-corrected chi connectivity index (χ1v) is 6.27. The normalized spacial score (nSPS) is 10.7. The third-order valence-corrected chi connectivity index (χ3v) is 3.32. The number of hydrogen-bond donors (Lipinski definition) is 0. The molecule has 18 heavy (non-hydrogen) atoms. The van der Waals surface area contributed by atoms with Crippen molar-refractivity contribution in [3.63, 3.8) is 0 Å². The minimum absolute atomic E-state index is 0.618. The number of aldehydes is 1. The van der Waals surface area contributed by atoms with Gasteiger partial charge in [0.2, 0.25) is 0 Å². The molecule has 0 aliphatic heterocycles. The van der Waals surface area contributed by atoms with Crippen LogP contribution >= 0.6 is 15.9 Å². The molecule has 0 aliphatic rings. The van der Waals surface area contributed by atoms with Crippen LogP contribution in [0.2, 0.25) is 0 Å². The quantitative estimate of drug-likeness (QED) is 0.678. The van der Waals surface area contributed by atoms with Crippen LogP contribution in [-0.4, -0.2) is 16.1 Å². The van der Waals surface area contributed by atoms with Gasteiger partial charge in [0.1, 0.15) is 0 Å². The zero-order valence-electron chi connectivity index (χ0n) is 9.38. The molecule has 0 atom stereocenters. The van der Waals surface area contributed by atoms with Crippen LogP contribution in [0.15, 0.2) is 53.1 Å². The molecule has 0 saturated carbocycles. The monoisotopic (exact) mass is 300 g/mol. The van der Waals surface area contributed by atoms with Gasteiger partial charge in [-0.2, -0.15) is 5.10 Å². The molecule has 1 aromatic heterocycles. The number of nitrogens with zero attached hydrogens (tertiary/aromatic N) is 2. The lowest BCUT2D eigenvalue weighted by atomic mass is 10.2. The summed E-state index contributed by atoms with van der Waals surface area (Å²) in [6, 6.07) is 13.4. The van der Waals surface area contributed by atoms with Crippen LogP contribution < -0.4 is 0 Å². The van der Waals surface area contributed by atoms with E-state index in [9.17, 15) is 4.79 Å². The average molecular weight is 301 g/mol. The van der Waals surface area contributed by atoms with Gasteiger partial charge >= 0.3 is 0 Å². The first-order valence-electron chi connectivity index (χ1n) is 5.47. The second kappa shape index (κ2) is 4.38. The van der Waals surface area contributed by atoms with Crippen molar-refractivity contribution >= 4 is 33.1 Å². The molecule has 1 heterocycles. The third-order valence-electron chi connectivity index (χ3n) is 2.82. The molecule has 3 rings (SSSR count). The van der Waals surface area contributed by atoms with E-state index in [1.54, 1.807) is 16.9 Å². The molecule has 0 unspecified atom stereocenters. The summed E-state index contributed by atoms with van der Waals surface area (Å²) in [6.45, 7) is 0. The molecule has 0 aliphatic carbocycles. The number of hydrogen-bond acceptors (Lipinski definition) is 2.